The number of carbonyl (C=O) groups is 2. The zero-order chi connectivity index (χ0) is 20.6. The van der Waals surface area contributed by atoms with Crippen LogP contribution in [0.2, 0.25) is 0 Å². The Labute approximate surface area is 163 Å². The lowest BCUT2D eigenvalue weighted by atomic mass is 10.0. The number of nitrogens with one attached hydrogen (secondary N) is 1. The highest BCUT2D eigenvalue weighted by Crippen LogP contribution is 2.24. The standard InChI is InChI=1S/C21H21NO5S/c1-12-9-10-15(28(4,25)26)11-17(12)21(24)27-14(3)20(23)19-13(2)22-18-8-6-5-7-16(18)19/h5-11,14,22H,1-4H3. The molecule has 1 heterocycles. The van der Waals surface area contributed by atoms with Crippen molar-refractivity contribution in [3.8, 4) is 0 Å². The van der Waals surface area contributed by atoms with Crippen molar-refractivity contribution in [3.63, 3.8) is 0 Å². The van der Waals surface area contributed by atoms with Crippen LogP contribution in [0.5, 0.6) is 0 Å². The van der Waals surface area contributed by atoms with Gasteiger partial charge in [-0.1, -0.05) is 24.3 Å². The Balaban J connectivity index is 1.88. The Hall–Kier alpha value is -2.93. The Morgan fingerprint density at radius 2 is 1.75 bits per heavy atom. The van der Waals surface area contributed by atoms with Crippen LogP contribution in [0.25, 0.3) is 10.9 Å². The maximum absolute atomic E-state index is 12.9. The number of carbonyl (C=O) groups excluding carboxylic acids is 2. The van der Waals surface area contributed by atoms with Gasteiger partial charge in [0.2, 0.25) is 5.78 Å². The van der Waals surface area contributed by atoms with Crippen LogP contribution in [0.3, 0.4) is 0 Å². The zero-order valence-electron chi connectivity index (χ0n) is 16.1. The number of aryl methyl sites for hydroxylation is 2. The summed E-state index contributed by atoms with van der Waals surface area (Å²) < 4.78 is 28.9. The summed E-state index contributed by atoms with van der Waals surface area (Å²) >= 11 is 0. The molecule has 3 rings (SSSR count). The molecule has 1 N–H and O–H groups in total. The topological polar surface area (TPSA) is 93.3 Å². The number of aromatic amines is 1. The molecule has 0 amide bonds. The maximum atomic E-state index is 12.9. The van der Waals surface area contributed by atoms with E-state index >= 15 is 0 Å². The van der Waals surface area contributed by atoms with Gasteiger partial charge in [0, 0.05) is 28.4 Å². The minimum absolute atomic E-state index is 0.0245. The highest BCUT2D eigenvalue weighted by Gasteiger charge is 2.26. The largest absolute Gasteiger partial charge is 0.451 e. The molecule has 0 spiro atoms. The second-order valence-corrected chi connectivity index (χ2v) is 8.85. The molecule has 0 aliphatic heterocycles. The summed E-state index contributed by atoms with van der Waals surface area (Å²) in [6.45, 7) is 4.98. The van der Waals surface area contributed by atoms with Crippen molar-refractivity contribution in [2.24, 2.45) is 0 Å². The van der Waals surface area contributed by atoms with Crippen molar-refractivity contribution in [1.29, 1.82) is 0 Å². The molecule has 6 nitrogen and oxygen atoms in total. The van der Waals surface area contributed by atoms with Crippen molar-refractivity contribution >= 4 is 32.5 Å². The van der Waals surface area contributed by atoms with E-state index in [1.807, 2.05) is 24.3 Å². The van der Waals surface area contributed by atoms with Crippen LogP contribution >= 0.6 is 0 Å². The number of H-pyrrole nitrogens is 1. The van der Waals surface area contributed by atoms with Gasteiger partial charge in [-0.2, -0.15) is 0 Å². The molecule has 0 aliphatic rings. The number of esters is 1. The molecule has 146 valence electrons. The van der Waals surface area contributed by atoms with Crippen LogP contribution < -0.4 is 0 Å². The van der Waals surface area contributed by atoms with Gasteiger partial charge in [0.15, 0.2) is 15.9 Å². The van der Waals surface area contributed by atoms with Gasteiger partial charge in [-0.15, -0.1) is 0 Å². The monoisotopic (exact) mass is 399 g/mol. The lowest BCUT2D eigenvalue weighted by Gasteiger charge is -2.14. The van der Waals surface area contributed by atoms with Crippen molar-refractivity contribution in [2.75, 3.05) is 6.26 Å². The molecule has 0 aliphatic carbocycles. The second kappa shape index (κ2) is 7.24. The van der Waals surface area contributed by atoms with Crippen molar-refractivity contribution in [3.05, 3.63) is 64.8 Å². The van der Waals surface area contributed by atoms with Gasteiger partial charge >= 0.3 is 5.97 Å². The van der Waals surface area contributed by atoms with E-state index in [1.165, 1.54) is 19.1 Å². The van der Waals surface area contributed by atoms with Gasteiger partial charge in [0.05, 0.1) is 10.5 Å². The van der Waals surface area contributed by atoms with E-state index in [1.54, 1.807) is 19.9 Å². The number of aromatic nitrogens is 1. The number of hydrogen-bond donors (Lipinski definition) is 1. The fourth-order valence-corrected chi connectivity index (χ4v) is 3.77. The van der Waals surface area contributed by atoms with E-state index in [-0.39, 0.29) is 16.2 Å². The molecule has 0 saturated heterocycles. The van der Waals surface area contributed by atoms with E-state index in [4.69, 9.17) is 4.74 Å². The fraction of sp³-hybridized carbons (Fsp3) is 0.238. The molecular formula is C21H21NO5S. The first-order valence-electron chi connectivity index (χ1n) is 8.73. The van der Waals surface area contributed by atoms with E-state index in [0.29, 0.717) is 16.8 Å². The first kappa shape index (κ1) is 19.8. The quantitative estimate of drug-likeness (QED) is 0.522. The summed E-state index contributed by atoms with van der Waals surface area (Å²) in [6.07, 6.45) is 0.0466. The molecule has 1 unspecified atom stereocenters. The summed E-state index contributed by atoms with van der Waals surface area (Å²) in [6, 6.07) is 11.7. The van der Waals surface area contributed by atoms with Crippen LogP contribution in [0.1, 0.15) is 38.9 Å². The van der Waals surface area contributed by atoms with E-state index < -0.39 is 21.9 Å². The number of ether oxygens (including phenoxy) is 1. The predicted molar refractivity (Wildman–Crippen MR) is 107 cm³/mol. The summed E-state index contributed by atoms with van der Waals surface area (Å²) in [4.78, 5) is 28.7. The minimum atomic E-state index is -3.46. The maximum Gasteiger partial charge on any atom is 0.339 e. The number of fused-ring (bicyclic) bond motifs is 1. The Morgan fingerprint density at radius 3 is 2.43 bits per heavy atom. The molecule has 0 fully saturated rings. The average Bonchev–Trinajstić information content (AvgIpc) is 2.95. The van der Waals surface area contributed by atoms with Gasteiger partial charge in [0.1, 0.15) is 0 Å². The van der Waals surface area contributed by atoms with Gasteiger partial charge in [-0.25, -0.2) is 13.2 Å². The fourth-order valence-electron chi connectivity index (χ4n) is 3.13. The molecular weight excluding hydrogens is 378 g/mol. The molecule has 3 aromatic rings. The third kappa shape index (κ3) is 3.71. The van der Waals surface area contributed by atoms with Gasteiger partial charge < -0.3 is 9.72 Å². The number of Topliss-reactive ketones (excluding diaryl/α,β-unsaturated/α-hetero) is 1. The number of rotatable bonds is 5. The van der Waals surface area contributed by atoms with Crippen molar-refractivity contribution < 1.29 is 22.7 Å². The van der Waals surface area contributed by atoms with E-state index in [0.717, 1.165) is 17.2 Å². The number of ketones is 1. The molecule has 0 saturated carbocycles. The number of sulfone groups is 1. The smallest absolute Gasteiger partial charge is 0.339 e. The van der Waals surface area contributed by atoms with Crippen LogP contribution in [-0.2, 0) is 14.6 Å². The SMILES string of the molecule is Cc1ccc(S(C)(=O)=O)cc1C(=O)OC(C)C(=O)c1c(C)[nH]c2ccccc12. The minimum Gasteiger partial charge on any atom is -0.451 e. The van der Waals surface area contributed by atoms with Crippen molar-refractivity contribution in [1.82, 2.24) is 4.98 Å². The third-order valence-corrected chi connectivity index (χ3v) is 5.76. The number of benzene rings is 2. The third-order valence-electron chi connectivity index (χ3n) is 4.65. The molecule has 28 heavy (non-hydrogen) atoms. The molecule has 7 heteroatoms. The van der Waals surface area contributed by atoms with Gasteiger partial charge in [-0.05, 0) is 44.5 Å². The zero-order valence-corrected chi connectivity index (χ0v) is 16.9. The first-order valence-corrected chi connectivity index (χ1v) is 10.6. The first-order chi connectivity index (χ1) is 13.1. The summed E-state index contributed by atoms with van der Waals surface area (Å²) in [7, 11) is -3.46. The van der Waals surface area contributed by atoms with Crippen LogP contribution in [0, 0.1) is 13.8 Å². The average molecular weight is 399 g/mol. The number of para-hydroxylation sites is 1. The Kier molecular flexibility index (Phi) is 5.12. The lowest BCUT2D eigenvalue weighted by Crippen LogP contribution is -2.25. The molecule has 1 atom stereocenters. The normalized spacial score (nSPS) is 12.7. The Bertz CT molecular complexity index is 1190. The van der Waals surface area contributed by atoms with E-state index in [2.05, 4.69) is 4.98 Å². The van der Waals surface area contributed by atoms with E-state index in [9.17, 15) is 18.0 Å². The molecule has 0 radical (unpaired) electrons. The molecule has 0 bridgehead atoms. The molecule has 1 aromatic heterocycles. The highest BCUT2D eigenvalue weighted by molar-refractivity contribution is 7.90. The molecule has 2 aromatic carbocycles. The van der Waals surface area contributed by atoms with Crippen LogP contribution in [0.15, 0.2) is 47.4 Å². The van der Waals surface area contributed by atoms with Crippen molar-refractivity contribution in [2.45, 2.75) is 31.8 Å². The summed E-state index contributed by atoms with van der Waals surface area (Å²) in [5, 5.41) is 0.767. The summed E-state index contributed by atoms with van der Waals surface area (Å²) in [5.41, 5.74) is 2.71. The highest BCUT2D eigenvalue weighted by atomic mass is 32.2. The van der Waals surface area contributed by atoms with Gasteiger partial charge in [-0.3, -0.25) is 4.79 Å². The predicted octanol–water partition coefficient (Wildman–Crippen LogP) is 3.62. The number of hydrogen-bond acceptors (Lipinski definition) is 5. The second-order valence-electron chi connectivity index (χ2n) is 6.83. The Morgan fingerprint density at radius 1 is 1.07 bits per heavy atom. The van der Waals surface area contributed by atoms with Crippen LogP contribution in [0.4, 0.5) is 0 Å². The van der Waals surface area contributed by atoms with Gasteiger partial charge in [0.25, 0.3) is 0 Å². The van der Waals surface area contributed by atoms with Crippen LogP contribution in [-0.4, -0.2) is 37.5 Å². The summed E-state index contributed by atoms with van der Waals surface area (Å²) in [5.74, 6) is -1.05. The lowest BCUT2D eigenvalue weighted by molar-refractivity contribution is 0.0318.